The lowest BCUT2D eigenvalue weighted by molar-refractivity contribution is -0.252. The Hall–Kier alpha value is -5.81. The molecule has 0 bridgehead atoms. The van der Waals surface area contributed by atoms with Gasteiger partial charge in [-0.15, -0.1) is 0 Å². The van der Waals surface area contributed by atoms with E-state index >= 15 is 0 Å². The van der Waals surface area contributed by atoms with Crippen LogP contribution in [0.3, 0.4) is 0 Å². The quantitative estimate of drug-likeness (QED) is 0.0615. The van der Waals surface area contributed by atoms with E-state index in [9.17, 15) is 14.7 Å². The van der Waals surface area contributed by atoms with E-state index in [1.165, 1.54) is 0 Å². The third-order valence-electron chi connectivity index (χ3n) is 10.1. The van der Waals surface area contributed by atoms with Crippen molar-refractivity contribution in [2.45, 2.75) is 76.7 Å². The van der Waals surface area contributed by atoms with Gasteiger partial charge in [0, 0.05) is 31.4 Å². The number of rotatable bonds is 15. The van der Waals surface area contributed by atoms with Crippen molar-refractivity contribution in [3.63, 3.8) is 0 Å². The highest BCUT2D eigenvalue weighted by molar-refractivity contribution is 5.93. The number of nitrogens with two attached hydrogens (primary N) is 1. The van der Waals surface area contributed by atoms with E-state index in [0.29, 0.717) is 56.6 Å². The first-order valence-electron chi connectivity index (χ1n) is 18.9. The number of benzene rings is 5. The van der Waals surface area contributed by atoms with Crippen LogP contribution in [0.2, 0.25) is 0 Å². The lowest BCUT2D eigenvalue weighted by Gasteiger charge is -2.36. The molecular weight excluding hydrogens is 691 g/mol. The smallest absolute Gasteiger partial charge is 0.224 e. The number of anilines is 2. The number of ether oxygens (including phenoxy) is 2. The monoisotopic (exact) mass is 737 g/mol. The van der Waals surface area contributed by atoms with Crippen molar-refractivity contribution in [3.8, 4) is 11.1 Å². The number of hydrogen-bond acceptors (Lipinski definition) is 7. The summed E-state index contributed by atoms with van der Waals surface area (Å²) in [6.45, 7) is 1.03. The molecule has 7 rings (SSSR count). The summed E-state index contributed by atoms with van der Waals surface area (Å²) in [5.41, 5.74) is 15.0. The Morgan fingerprint density at radius 3 is 2.29 bits per heavy atom. The highest BCUT2D eigenvalue weighted by Crippen LogP contribution is 2.39. The van der Waals surface area contributed by atoms with Gasteiger partial charge in [0.15, 0.2) is 6.29 Å². The minimum absolute atomic E-state index is 0.00865. The topological polar surface area (TPSA) is 141 Å². The van der Waals surface area contributed by atoms with Gasteiger partial charge in [-0.25, -0.2) is 4.98 Å². The maximum Gasteiger partial charge on any atom is 0.224 e. The maximum atomic E-state index is 12.8. The third-order valence-corrected chi connectivity index (χ3v) is 10.1. The minimum atomic E-state index is -0.586. The van der Waals surface area contributed by atoms with Gasteiger partial charge in [0.1, 0.15) is 0 Å². The molecule has 0 aliphatic carbocycles. The molecule has 1 fully saturated rings. The molecule has 2 heterocycles. The van der Waals surface area contributed by atoms with E-state index in [-0.39, 0.29) is 30.6 Å². The van der Waals surface area contributed by atoms with Crippen LogP contribution < -0.4 is 16.4 Å². The lowest BCUT2D eigenvalue weighted by Crippen LogP contribution is -2.32. The van der Waals surface area contributed by atoms with E-state index in [1.54, 1.807) is 12.1 Å². The largest absolute Gasteiger partial charge is 0.397 e. The van der Waals surface area contributed by atoms with Gasteiger partial charge in [0.25, 0.3) is 0 Å². The molecule has 2 amide bonds. The standard InChI is InChI=1S/C45H47N5O5/c46-38-12-6-7-13-39(38)49-44(53)17-3-1-2-16-43(52)47-27-35-10-4-5-11-37(35)32-22-24-34(25-23-32)45-54-36(28-50-30-48-40-14-8-9-15-41(40)50)26-42(55-45)33-20-18-31(29-51)19-21-33/h4-15,18-25,30,36,42,45,51H,1-3,16-17,26-29,46H2,(H,47,52)(H,49,53)/t36-,42+,45+/m0/s1. The number of nitrogen functional groups attached to an aromatic ring is 1. The number of nitrogens with one attached hydrogen (secondary N) is 2. The van der Waals surface area contributed by atoms with Gasteiger partial charge >= 0.3 is 0 Å². The molecule has 1 aliphatic heterocycles. The van der Waals surface area contributed by atoms with Gasteiger partial charge in [-0.1, -0.05) is 103 Å². The number of aliphatic hydroxyl groups excluding tert-OH is 1. The number of aliphatic hydroxyl groups is 1. The minimum Gasteiger partial charge on any atom is -0.397 e. The van der Waals surface area contributed by atoms with E-state index in [2.05, 4.69) is 44.5 Å². The molecule has 0 spiro atoms. The van der Waals surface area contributed by atoms with Crippen molar-refractivity contribution in [2.75, 3.05) is 11.1 Å². The molecule has 55 heavy (non-hydrogen) atoms. The van der Waals surface area contributed by atoms with Crippen molar-refractivity contribution < 1.29 is 24.2 Å². The summed E-state index contributed by atoms with van der Waals surface area (Å²) in [5.74, 6) is -0.0965. The molecule has 6 aromatic rings. The molecule has 0 saturated carbocycles. The highest BCUT2D eigenvalue weighted by Gasteiger charge is 2.32. The fraction of sp³-hybridized carbons (Fsp3) is 0.267. The van der Waals surface area contributed by atoms with Crippen LogP contribution >= 0.6 is 0 Å². The molecule has 10 nitrogen and oxygen atoms in total. The van der Waals surface area contributed by atoms with Crippen LogP contribution in [-0.4, -0.2) is 32.6 Å². The molecule has 0 unspecified atom stereocenters. The van der Waals surface area contributed by atoms with E-state index in [4.69, 9.17) is 15.2 Å². The van der Waals surface area contributed by atoms with E-state index in [0.717, 1.165) is 50.8 Å². The second-order valence-electron chi connectivity index (χ2n) is 14.0. The number of aromatic nitrogens is 2. The zero-order valence-electron chi connectivity index (χ0n) is 30.8. The highest BCUT2D eigenvalue weighted by atomic mass is 16.7. The molecule has 3 atom stereocenters. The number of carbonyl (C=O) groups is 2. The summed E-state index contributed by atoms with van der Waals surface area (Å²) in [5, 5.41) is 15.5. The fourth-order valence-electron chi connectivity index (χ4n) is 7.04. The molecule has 0 radical (unpaired) electrons. The molecule has 10 heteroatoms. The Balaban J connectivity index is 0.955. The van der Waals surface area contributed by atoms with Crippen molar-refractivity contribution in [3.05, 3.63) is 150 Å². The Bertz CT molecular complexity index is 2200. The van der Waals surface area contributed by atoms with Crippen LogP contribution in [0.25, 0.3) is 22.2 Å². The zero-order valence-corrected chi connectivity index (χ0v) is 30.8. The van der Waals surface area contributed by atoms with Gasteiger partial charge < -0.3 is 35.5 Å². The van der Waals surface area contributed by atoms with Gasteiger partial charge in [-0.05, 0) is 64.9 Å². The van der Waals surface area contributed by atoms with Gasteiger partial charge in [0.2, 0.25) is 11.8 Å². The van der Waals surface area contributed by atoms with Crippen LogP contribution in [0, 0.1) is 0 Å². The van der Waals surface area contributed by atoms with Gasteiger partial charge in [-0.3, -0.25) is 9.59 Å². The molecule has 1 aromatic heterocycles. The van der Waals surface area contributed by atoms with Crippen LogP contribution in [0.4, 0.5) is 11.4 Å². The van der Waals surface area contributed by atoms with Crippen LogP contribution in [0.15, 0.2) is 128 Å². The summed E-state index contributed by atoms with van der Waals surface area (Å²) in [6, 6.07) is 39.5. The molecule has 5 N–H and O–H groups in total. The Kier molecular flexibility index (Phi) is 12.3. The molecule has 5 aromatic carbocycles. The first kappa shape index (κ1) is 37.5. The van der Waals surface area contributed by atoms with Crippen molar-refractivity contribution in [1.29, 1.82) is 0 Å². The Morgan fingerprint density at radius 1 is 0.782 bits per heavy atom. The number of para-hydroxylation sites is 4. The van der Waals surface area contributed by atoms with Gasteiger partial charge in [-0.2, -0.15) is 0 Å². The predicted octanol–water partition coefficient (Wildman–Crippen LogP) is 8.23. The van der Waals surface area contributed by atoms with E-state index < -0.39 is 6.29 Å². The number of unbranched alkanes of at least 4 members (excludes halogenated alkanes) is 2. The number of nitrogens with zero attached hydrogens (tertiary/aromatic N) is 2. The van der Waals surface area contributed by atoms with E-state index in [1.807, 2.05) is 91.3 Å². The Labute approximate surface area is 321 Å². The van der Waals surface area contributed by atoms with Crippen LogP contribution in [0.1, 0.15) is 73.2 Å². The SMILES string of the molecule is Nc1ccccc1NC(=O)CCCCCC(=O)NCc1ccccc1-c1ccc([C@@H]2O[C@H](Cn3cnc4ccccc43)C[C@H](c3ccc(CO)cc3)O2)cc1. The number of amides is 2. The molecule has 1 saturated heterocycles. The first-order valence-corrected chi connectivity index (χ1v) is 18.9. The summed E-state index contributed by atoms with van der Waals surface area (Å²) in [7, 11) is 0. The van der Waals surface area contributed by atoms with Gasteiger partial charge in [0.05, 0.1) is 54.1 Å². The number of carbonyl (C=O) groups excluding carboxylic acids is 2. The fourth-order valence-corrected chi connectivity index (χ4v) is 7.04. The second kappa shape index (κ2) is 18.0. The summed E-state index contributed by atoms with van der Waals surface area (Å²) >= 11 is 0. The number of imidazole rings is 1. The van der Waals surface area contributed by atoms with Crippen LogP contribution in [-0.2, 0) is 38.8 Å². The Morgan fingerprint density at radius 2 is 1.49 bits per heavy atom. The lowest BCUT2D eigenvalue weighted by atomic mass is 9.97. The number of fused-ring (bicyclic) bond motifs is 1. The number of hydrogen-bond donors (Lipinski definition) is 4. The molecule has 1 aliphatic rings. The van der Waals surface area contributed by atoms with Crippen molar-refractivity contribution in [2.24, 2.45) is 0 Å². The average Bonchev–Trinajstić information content (AvgIpc) is 3.63. The molecular formula is C45H47N5O5. The second-order valence-corrected chi connectivity index (χ2v) is 14.0. The molecule has 282 valence electrons. The summed E-state index contributed by atoms with van der Waals surface area (Å²) < 4.78 is 15.4. The normalized spacial score (nSPS) is 16.9. The van der Waals surface area contributed by atoms with Crippen molar-refractivity contribution >= 4 is 34.2 Å². The summed E-state index contributed by atoms with van der Waals surface area (Å²) in [6.07, 6.45) is 4.57. The van der Waals surface area contributed by atoms with Crippen LogP contribution in [0.5, 0.6) is 0 Å². The maximum absolute atomic E-state index is 12.8. The average molecular weight is 738 g/mol. The zero-order chi connectivity index (χ0) is 38.0. The third kappa shape index (κ3) is 9.66. The van der Waals surface area contributed by atoms with Crippen molar-refractivity contribution in [1.82, 2.24) is 14.9 Å². The first-order chi connectivity index (χ1) is 26.9. The summed E-state index contributed by atoms with van der Waals surface area (Å²) in [4.78, 5) is 29.6. The predicted molar refractivity (Wildman–Crippen MR) is 214 cm³/mol.